The molecule has 2 aliphatic heterocycles. The predicted molar refractivity (Wildman–Crippen MR) is 110 cm³/mol. The summed E-state index contributed by atoms with van der Waals surface area (Å²) in [6.07, 6.45) is 5.61. The lowest BCUT2D eigenvalue weighted by Gasteiger charge is -2.20. The number of nitrogens with one attached hydrogen (secondary N) is 2. The fraction of sp³-hybridized carbons (Fsp3) is 0.500. The number of likely N-dealkylation sites (tertiary alicyclic amines) is 1. The van der Waals surface area contributed by atoms with Crippen molar-refractivity contribution in [1.29, 1.82) is 0 Å². The van der Waals surface area contributed by atoms with Crippen LogP contribution in [0, 0.1) is 0 Å². The van der Waals surface area contributed by atoms with Crippen molar-refractivity contribution in [3.05, 3.63) is 53.3 Å². The first-order valence-corrected chi connectivity index (χ1v) is 10.6. The molecule has 0 aliphatic carbocycles. The molecule has 3 heterocycles. The molecule has 7 heteroatoms. The van der Waals surface area contributed by atoms with E-state index >= 15 is 0 Å². The van der Waals surface area contributed by atoms with Gasteiger partial charge in [-0.1, -0.05) is 43.2 Å². The first-order valence-electron chi connectivity index (χ1n) is 10.6. The number of carbonyl (C=O) groups excluding carboxylic acids is 2. The van der Waals surface area contributed by atoms with Crippen molar-refractivity contribution in [2.45, 2.75) is 51.2 Å². The van der Waals surface area contributed by atoms with Crippen LogP contribution in [0.15, 0.2) is 36.4 Å². The highest BCUT2D eigenvalue weighted by Crippen LogP contribution is 2.16. The first kappa shape index (κ1) is 19.6. The molecular formula is C22H29N5O2. The highest BCUT2D eigenvalue weighted by molar-refractivity contribution is 5.92. The van der Waals surface area contributed by atoms with Gasteiger partial charge in [0.1, 0.15) is 5.69 Å². The van der Waals surface area contributed by atoms with Crippen molar-refractivity contribution in [1.82, 2.24) is 25.3 Å². The number of nitrogens with zero attached hydrogens (tertiary/aromatic N) is 3. The molecule has 2 aromatic rings. The molecule has 0 bridgehead atoms. The fourth-order valence-electron chi connectivity index (χ4n) is 4.15. The van der Waals surface area contributed by atoms with Crippen molar-refractivity contribution in [3.63, 3.8) is 0 Å². The van der Waals surface area contributed by atoms with E-state index in [9.17, 15) is 9.59 Å². The number of amides is 2. The molecule has 29 heavy (non-hydrogen) atoms. The topological polar surface area (TPSA) is 79.3 Å². The third kappa shape index (κ3) is 5.23. The fourth-order valence-corrected chi connectivity index (χ4v) is 4.15. The molecule has 1 atom stereocenters. The lowest BCUT2D eigenvalue weighted by Crippen LogP contribution is -2.43. The van der Waals surface area contributed by atoms with Crippen LogP contribution < -0.4 is 10.6 Å². The number of hydrogen-bond acceptors (Lipinski definition) is 4. The highest BCUT2D eigenvalue weighted by atomic mass is 16.2. The Morgan fingerprint density at radius 2 is 1.83 bits per heavy atom. The normalized spacial score (nSPS) is 19.4. The van der Waals surface area contributed by atoms with Crippen LogP contribution in [0.1, 0.15) is 47.4 Å². The van der Waals surface area contributed by atoms with Gasteiger partial charge in [0.2, 0.25) is 5.91 Å². The maximum atomic E-state index is 12.4. The van der Waals surface area contributed by atoms with Gasteiger partial charge in [-0.2, -0.15) is 5.10 Å². The Morgan fingerprint density at radius 3 is 2.55 bits per heavy atom. The van der Waals surface area contributed by atoms with Gasteiger partial charge in [-0.05, 0) is 37.6 Å². The molecule has 4 rings (SSSR count). The SMILES string of the molecule is O=C(CN1CCCCCC1)NC1Cc2cc(C(=O)NCc3ccccc3)nn2C1. The molecule has 0 radical (unpaired) electrons. The van der Waals surface area contributed by atoms with Gasteiger partial charge in [0.25, 0.3) is 5.91 Å². The Kier molecular flexibility index (Phi) is 6.24. The Morgan fingerprint density at radius 1 is 1.07 bits per heavy atom. The summed E-state index contributed by atoms with van der Waals surface area (Å²) in [6, 6.07) is 11.7. The molecule has 0 spiro atoms. The van der Waals surface area contributed by atoms with E-state index < -0.39 is 0 Å². The Bertz CT molecular complexity index is 817. The second-order valence-corrected chi connectivity index (χ2v) is 8.03. The molecule has 1 aromatic heterocycles. The average molecular weight is 396 g/mol. The van der Waals surface area contributed by atoms with Crippen LogP contribution in [-0.4, -0.2) is 52.2 Å². The molecule has 1 aromatic carbocycles. The van der Waals surface area contributed by atoms with Crippen LogP contribution in [0.5, 0.6) is 0 Å². The van der Waals surface area contributed by atoms with E-state index in [4.69, 9.17) is 0 Å². The van der Waals surface area contributed by atoms with Gasteiger partial charge in [0.05, 0.1) is 19.1 Å². The van der Waals surface area contributed by atoms with Crippen LogP contribution in [0.4, 0.5) is 0 Å². The molecule has 0 saturated carbocycles. The van der Waals surface area contributed by atoms with Crippen molar-refractivity contribution in [2.75, 3.05) is 19.6 Å². The monoisotopic (exact) mass is 395 g/mol. The molecule has 1 fully saturated rings. The van der Waals surface area contributed by atoms with E-state index in [0.717, 1.165) is 24.3 Å². The molecule has 1 unspecified atom stereocenters. The summed E-state index contributed by atoms with van der Waals surface area (Å²) in [6.45, 7) is 3.61. The van der Waals surface area contributed by atoms with Crippen LogP contribution in [0.2, 0.25) is 0 Å². The number of aromatic nitrogens is 2. The smallest absolute Gasteiger partial charge is 0.272 e. The lowest BCUT2D eigenvalue weighted by molar-refractivity contribution is -0.122. The minimum atomic E-state index is -0.169. The second-order valence-electron chi connectivity index (χ2n) is 8.03. The zero-order valence-electron chi connectivity index (χ0n) is 16.8. The molecule has 7 nitrogen and oxygen atoms in total. The first-order chi connectivity index (χ1) is 14.2. The largest absolute Gasteiger partial charge is 0.350 e. The Balaban J connectivity index is 1.24. The number of benzene rings is 1. The minimum Gasteiger partial charge on any atom is -0.350 e. The van der Waals surface area contributed by atoms with Gasteiger partial charge in [0.15, 0.2) is 0 Å². The van der Waals surface area contributed by atoms with Gasteiger partial charge >= 0.3 is 0 Å². The zero-order valence-corrected chi connectivity index (χ0v) is 16.8. The Hall–Kier alpha value is -2.67. The summed E-state index contributed by atoms with van der Waals surface area (Å²) in [7, 11) is 0. The van der Waals surface area contributed by atoms with Gasteiger partial charge in [-0.25, -0.2) is 0 Å². The van der Waals surface area contributed by atoms with Crippen molar-refractivity contribution < 1.29 is 9.59 Å². The summed E-state index contributed by atoms with van der Waals surface area (Å²) < 4.78 is 1.84. The number of hydrogen-bond donors (Lipinski definition) is 2. The molecular weight excluding hydrogens is 366 g/mol. The van der Waals surface area contributed by atoms with E-state index in [2.05, 4.69) is 20.6 Å². The van der Waals surface area contributed by atoms with E-state index in [1.165, 1.54) is 25.7 Å². The van der Waals surface area contributed by atoms with Gasteiger partial charge in [-0.3, -0.25) is 19.2 Å². The van der Waals surface area contributed by atoms with Crippen molar-refractivity contribution in [3.8, 4) is 0 Å². The average Bonchev–Trinajstić information content (AvgIpc) is 3.16. The lowest BCUT2D eigenvalue weighted by atomic mass is 10.2. The highest BCUT2D eigenvalue weighted by Gasteiger charge is 2.26. The van der Waals surface area contributed by atoms with Crippen LogP contribution in [0.25, 0.3) is 0 Å². The third-order valence-corrected chi connectivity index (χ3v) is 5.67. The van der Waals surface area contributed by atoms with E-state index in [1.807, 2.05) is 41.1 Å². The molecule has 2 amide bonds. The Labute approximate surface area is 171 Å². The summed E-state index contributed by atoms with van der Waals surface area (Å²) in [4.78, 5) is 27.0. The van der Waals surface area contributed by atoms with E-state index in [1.54, 1.807) is 0 Å². The third-order valence-electron chi connectivity index (χ3n) is 5.67. The summed E-state index contributed by atoms with van der Waals surface area (Å²) in [5.41, 5.74) is 2.49. The number of carbonyl (C=O) groups is 2. The van der Waals surface area contributed by atoms with Crippen LogP contribution >= 0.6 is 0 Å². The van der Waals surface area contributed by atoms with Gasteiger partial charge in [0, 0.05) is 18.7 Å². The molecule has 1 saturated heterocycles. The van der Waals surface area contributed by atoms with Crippen molar-refractivity contribution in [2.24, 2.45) is 0 Å². The predicted octanol–water partition coefficient (Wildman–Crippen LogP) is 1.73. The maximum Gasteiger partial charge on any atom is 0.272 e. The maximum absolute atomic E-state index is 12.4. The minimum absolute atomic E-state index is 0.0541. The quantitative estimate of drug-likeness (QED) is 0.781. The molecule has 2 N–H and O–H groups in total. The molecule has 2 aliphatic rings. The molecule has 154 valence electrons. The zero-order chi connectivity index (χ0) is 20.1. The van der Waals surface area contributed by atoms with Gasteiger partial charge in [-0.15, -0.1) is 0 Å². The number of rotatable bonds is 6. The summed E-state index contributed by atoms with van der Waals surface area (Å²) in [5.74, 6) is -0.0824. The summed E-state index contributed by atoms with van der Waals surface area (Å²) in [5, 5.41) is 10.5. The summed E-state index contributed by atoms with van der Waals surface area (Å²) >= 11 is 0. The van der Waals surface area contributed by atoms with Crippen LogP contribution in [0.3, 0.4) is 0 Å². The van der Waals surface area contributed by atoms with Crippen molar-refractivity contribution >= 4 is 11.8 Å². The number of fused-ring (bicyclic) bond motifs is 1. The van der Waals surface area contributed by atoms with E-state index in [-0.39, 0.29) is 17.9 Å². The van der Waals surface area contributed by atoms with E-state index in [0.29, 0.717) is 31.7 Å². The van der Waals surface area contributed by atoms with Gasteiger partial charge < -0.3 is 10.6 Å². The second kappa shape index (κ2) is 9.22. The standard InChI is InChI=1S/C22H29N5O2/c28-21(16-26-10-6-1-2-7-11-26)24-18-12-19-13-20(25-27(19)15-18)22(29)23-14-17-8-4-3-5-9-17/h3-5,8-9,13,18H,1-2,6-7,10-12,14-16H2,(H,23,29)(H,24,28). The van der Waals surface area contributed by atoms with Crippen LogP contribution in [-0.2, 0) is 24.3 Å².